The maximum atomic E-state index is 14.3. The van der Waals surface area contributed by atoms with Crippen LogP contribution in [0.15, 0.2) is 42.7 Å². The molecular weight excluding hydrogens is 1190 g/mol. The lowest BCUT2D eigenvalue weighted by molar-refractivity contribution is -0.0614. The molecular formula is C37H55N9O21P4S5. The number of hydrogen-bond donors (Lipinski definition) is 9. The number of nitrogens with two attached hydrogens (primary N) is 1. The molecule has 0 spiro atoms. The Kier molecular flexibility index (Phi) is 20.4. The van der Waals surface area contributed by atoms with Gasteiger partial charge in [0.15, 0.2) is 17.4 Å². The topological polar surface area (TPSA) is 382 Å². The Labute approximate surface area is 456 Å². The number of aliphatic hydroxyl groups excluding tert-OH is 1. The van der Waals surface area contributed by atoms with E-state index in [4.69, 9.17) is 72.7 Å². The number of nitrogen functional groups attached to an aromatic ring is 1. The van der Waals surface area contributed by atoms with Crippen molar-refractivity contribution in [3.05, 3.63) is 81.9 Å². The van der Waals surface area contributed by atoms with Crippen molar-refractivity contribution < 1.29 is 73.9 Å². The molecule has 6 N–H and O–H groups in total. The molecule has 3 aliphatic heterocycles. The zero-order valence-corrected chi connectivity index (χ0v) is 48.6. The molecule has 4 aromatic rings. The maximum Gasteiger partial charge on any atom is 0.386 e. The number of thiol groups is 4. The Hall–Kier alpha value is -2.27. The zero-order chi connectivity index (χ0) is 55.7. The Balaban J connectivity index is 1.11. The van der Waals surface area contributed by atoms with Crippen LogP contribution in [-0.4, -0.2) is 133 Å². The lowest BCUT2D eigenvalue weighted by Gasteiger charge is -2.28. The summed E-state index contributed by atoms with van der Waals surface area (Å²) in [4.78, 5) is 78.4. The second-order valence-corrected chi connectivity index (χ2v) is 31.3. The number of fused-ring (bicyclic) bond motifs is 1. The number of hydrogen-bond acceptors (Lipinski definition) is 25. The molecule has 8 unspecified atom stereocenters. The van der Waals surface area contributed by atoms with Crippen LogP contribution in [0.3, 0.4) is 0 Å². The van der Waals surface area contributed by atoms with E-state index in [-0.39, 0.29) is 60.7 Å². The molecule has 7 heterocycles. The van der Waals surface area contributed by atoms with E-state index in [1.807, 2.05) is 0 Å². The first-order valence-electron chi connectivity index (χ1n) is 22.7. The minimum atomic E-state index is -4.52. The van der Waals surface area contributed by atoms with E-state index in [2.05, 4.69) is 73.9 Å². The van der Waals surface area contributed by atoms with Gasteiger partial charge in [-0.2, -0.15) is 4.98 Å². The molecule has 0 amide bonds. The summed E-state index contributed by atoms with van der Waals surface area (Å²) in [5, 5.41) is 9.25. The highest BCUT2D eigenvalue weighted by Gasteiger charge is 2.51. The van der Waals surface area contributed by atoms with Gasteiger partial charge in [0.05, 0.1) is 45.0 Å². The fraction of sp³-hybridized carbons (Fsp3) is 0.649. The van der Waals surface area contributed by atoms with Gasteiger partial charge in [-0.1, -0.05) is 49.0 Å². The molecule has 3 aliphatic rings. The highest BCUT2D eigenvalue weighted by Crippen LogP contribution is 2.61. The number of nitrogens with zero attached hydrogens (tertiary/aromatic N) is 5. The minimum absolute atomic E-state index is 0.0397. The van der Waals surface area contributed by atoms with Crippen LogP contribution in [-0.2, 0) is 80.6 Å². The number of aliphatic hydroxyl groups is 1. The summed E-state index contributed by atoms with van der Waals surface area (Å²) in [5.41, 5.74) is -1.43. The predicted octanol–water partition coefficient (Wildman–Crippen LogP) is 3.20. The number of rotatable bonds is 25. The highest BCUT2D eigenvalue weighted by molar-refractivity contribution is 8.60. The van der Waals surface area contributed by atoms with Gasteiger partial charge in [0, 0.05) is 50.1 Å². The van der Waals surface area contributed by atoms with Crippen LogP contribution in [0.5, 0.6) is 0 Å². The van der Waals surface area contributed by atoms with Gasteiger partial charge in [0.25, 0.3) is 16.7 Å². The summed E-state index contributed by atoms with van der Waals surface area (Å²) in [6, 6.07) is 0. The summed E-state index contributed by atoms with van der Waals surface area (Å²) < 4.78 is 115. The molecule has 3 fully saturated rings. The number of imidazole rings is 1. The molecule has 39 heteroatoms. The SMILES string of the molecule is COC1C(OP(=O)(S)OCCCO)[C@@H](COP(=S)(S)OC2C[C@H](n3cc(C)c(=O)[nH]c3=O)O[C@@H]2COP(=O)(S)OC2C[C@H](n3cnc4c(=O)[nH]c(N)nc43)O[C@@H]2COP(=O)(S)OC(C)C)O[C@H]1n1cc(C)c(=O)[nH]c1=O. The van der Waals surface area contributed by atoms with Crippen molar-refractivity contribution in [2.75, 3.05) is 45.9 Å². The Bertz CT molecular complexity index is 3250. The monoisotopic (exact) mass is 1250 g/mol. The molecule has 14 atom stereocenters. The number of methoxy groups -OCH3 is 1. The summed E-state index contributed by atoms with van der Waals surface area (Å²) >= 11 is 22.7. The number of aromatic nitrogens is 8. The third-order valence-corrected chi connectivity index (χ3v) is 18.8. The van der Waals surface area contributed by atoms with E-state index in [0.29, 0.717) is 0 Å². The van der Waals surface area contributed by atoms with E-state index in [0.717, 1.165) is 9.13 Å². The number of aryl methyl sites for hydroxylation is 2. The molecule has 424 valence electrons. The lowest BCUT2D eigenvalue weighted by Crippen LogP contribution is -2.40. The molecule has 0 bridgehead atoms. The standard InChI is InChI=1S/C37H55N9O21P4S5/c1-17(2)64-69(54,73)58-13-22-20(9-26(62-22)46-16-39-27-30(46)40-35(38)41-33(27)50)65-70(55,74)59-14-23-21(10-25(61-23)44-11-18(3)31(48)42-36(44)51)66-71(75,76)60-15-24-28(67-68(53,72)57-8-6-7-47)29(56-5)34(63-24)45-12-19(4)32(49)43-37(45)52/h11-12,16-17,20-26,28-29,34,47H,6-10,13-15H2,1-5H3,(H,53,72)(H,54,73)(H,55,74)(H,75,76)(H,42,48,51)(H,43,49,52)(H3,38,40,41,50)/t20?,21?,22-,23-,24-,25-,26-,28?,29?,34-,68?,69?,70?/m1/s1. The molecule has 76 heavy (non-hydrogen) atoms. The van der Waals surface area contributed by atoms with Crippen LogP contribution >= 0.6 is 75.1 Å². The summed E-state index contributed by atoms with van der Waals surface area (Å²) in [7, 11) is 1.26. The number of nitrogens with one attached hydrogen (secondary N) is 3. The van der Waals surface area contributed by atoms with Gasteiger partial charge < -0.3 is 43.4 Å². The van der Waals surface area contributed by atoms with Crippen LogP contribution in [0.2, 0.25) is 0 Å². The van der Waals surface area contributed by atoms with E-state index < -0.39 is 141 Å². The summed E-state index contributed by atoms with van der Waals surface area (Å²) in [6.07, 6.45) is -9.29. The second-order valence-electron chi connectivity index (χ2n) is 17.4. The molecule has 30 nitrogen and oxygen atoms in total. The zero-order valence-electron chi connectivity index (χ0n) is 40.7. The quantitative estimate of drug-likeness (QED) is 0.0261. The highest BCUT2D eigenvalue weighted by atomic mass is 32.9. The van der Waals surface area contributed by atoms with Gasteiger partial charge in [0.1, 0.15) is 49.1 Å². The second kappa shape index (κ2) is 25.3. The summed E-state index contributed by atoms with van der Waals surface area (Å²) in [6.45, 7) is -8.78. The molecule has 0 aliphatic carbocycles. The van der Waals surface area contributed by atoms with Crippen molar-refractivity contribution in [1.29, 1.82) is 0 Å². The third kappa shape index (κ3) is 15.4. The first kappa shape index (κ1) is 61.4. The summed E-state index contributed by atoms with van der Waals surface area (Å²) in [5.74, 6) is -0.212. The minimum Gasteiger partial charge on any atom is -0.396 e. The van der Waals surface area contributed by atoms with Gasteiger partial charge in [-0.3, -0.25) is 65.7 Å². The van der Waals surface area contributed by atoms with E-state index >= 15 is 0 Å². The van der Waals surface area contributed by atoms with Gasteiger partial charge >= 0.3 is 31.8 Å². The molecule has 7 rings (SSSR count). The molecule has 3 saturated heterocycles. The lowest BCUT2D eigenvalue weighted by atomic mass is 10.1. The normalized spacial score (nSPS) is 28.1. The van der Waals surface area contributed by atoms with Crippen molar-refractivity contribution in [3.63, 3.8) is 0 Å². The fourth-order valence-corrected chi connectivity index (χ4v) is 14.9. The Morgan fingerprint density at radius 2 is 1.30 bits per heavy atom. The van der Waals surface area contributed by atoms with Crippen molar-refractivity contribution in [2.24, 2.45) is 0 Å². The van der Waals surface area contributed by atoms with Crippen LogP contribution in [0.1, 0.15) is 62.9 Å². The first-order valence-corrected chi connectivity index (χ1v) is 34.6. The van der Waals surface area contributed by atoms with Crippen LogP contribution in [0.4, 0.5) is 5.95 Å². The Morgan fingerprint density at radius 3 is 1.91 bits per heavy atom. The van der Waals surface area contributed by atoms with Gasteiger partial charge in [-0.15, -0.1) is 0 Å². The van der Waals surface area contributed by atoms with Crippen LogP contribution < -0.4 is 33.8 Å². The van der Waals surface area contributed by atoms with Gasteiger partial charge in [-0.05, 0) is 45.9 Å². The Morgan fingerprint density at radius 1 is 0.750 bits per heavy atom. The largest absolute Gasteiger partial charge is 0.396 e. The molecule has 0 radical (unpaired) electrons. The predicted molar refractivity (Wildman–Crippen MR) is 286 cm³/mol. The average Bonchev–Trinajstić information content (AvgIpc) is 4.11. The number of ether oxygens (including phenoxy) is 4. The molecule has 4 aromatic heterocycles. The smallest absolute Gasteiger partial charge is 0.386 e. The molecule has 0 aromatic carbocycles. The number of H-pyrrole nitrogens is 3. The van der Waals surface area contributed by atoms with Gasteiger partial charge in [0.2, 0.25) is 11.6 Å². The van der Waals surface area contributed by atoms with E-state index in [1.165, 1.54) is 44.2 Å². The van der Waals surface area contributed by atoms with Crippen molar-refractivity contribution in [2.45, 2.75) is 114 Å². The van der Waals surface area contributed by atoms with Crippen LogP contribution in [0.25, 0.3) is 11.2 Å². The van der Waals surface area contributed by atoms with Crippen molar-refractivity contribution in [1.82, 2.24) is 38.6 Å². The average molecular weight is 1250 g/mol. The molecule has 0 saturated carbocycles. The first-order chi connectivity index (χ1) is 35.6. The number of anilines is 1. The van der Waals surface area contributed by atoms with Crippen molar-refractivity contribution >= 4 is 104 Å². The van der Waals surface area contributed by atoms with Gasteiger partial charge in [-0.25, -0.2) is 28.3 Å². The fourth-order valence-electron chi connectivity index (χ4n) is 8.07. The van der Waals surface area contributed by atoms with E-state index in [9.17, 15) is 42.8 Å². The van der Waals surface area contributed by atoms with Crippen molar-refractivity contribution in [3.8, 4) is 0 Å². The number of aromatic amines is 3. The van der Waals surface area contributed by atoms with Crippen LogP contribution in [0, 0.1) is 13.8 Å². The third-order valence-electron chi connectivity index (χ3n) is 11.5. The van der Waals surface area contributed by atoms with E-state index in [1.54, 1.807) is 13.8 Å². The maximum absolute atomic E-state index is 14.3.